The largest absolute Gasteiger partial charge is 0.435 e. The molecule has 8 atom stereocenters. The number of Topliss-reactive ketones (excluding diaryl/α,β-unsaturated/α-hetero) is 2. The lowest BCUT2D eigenvalue weighted by Gasteiger charge is -2.21. The zero-order valence-electron chi connectivity index (χ0n) is 60.6. The Kier molecular flexibility index (Phi) is 23.2. The third-order valence-electron chi connectivity index (χ3n) is 19.8. The maximum absolute atomic E-state index is 15.4. The number of aliphatic hydroxyl groups excluding tert-OH is 2. The molecule has 4 aliphatic rings. The molecule has 6 aromatic heterocycles. The lowest BCUT2D eigenvalue weighted by atomic mass is 9.86. The van der Waals surface area contributed by atoms with Crippen LogP contribution in [0.3, 0.4) is 0 Å². The van der Waals surface area contributed by atoms with Crippen LogP contribution < -0.4 is 0 Å². The molecule has 0 bridgehead atoms. The minimum atomic E-state index is -5.06. The van der Waals surface area contributed by atoms with Crippen molar-refractivity contribution in [2.75, 3.05) is 12.5 Å². The molecule has 0 spiro atoms. The van der Waals surface area contributed by atoms with Gasteiger partial charge in [0, 0.05) is 119 Å². The van der Waals surface area contributed by atoms with Gasteiger partial charge in [0.2, 0.25) is 0 Å². The van der Waals surface area contributed by atoms with Gasteiger partial charge in [-0.2, -0.15) is 64.3 Å². The van der Waals surface area contributed by atoms with E-state index < -0.39 is 198 Å². The number of sulfone groups is 2. The molecule has 0 saturated heterocycles. The molecular formula is C77H65Cl3F14N10O8S2. The standard InChI is InChI=1S/C38H31ClF7N5O4S.C34H26Cl2F7N5O3S.C5H8O/c1-18(52)4-5-23-6-7-25(26-8-9-29(39)32-30(17-56(3,54)55)48-50(2)34(26)32)33(47-23)20(10-19-11-21(40)14-22(41)12-19)13-24(53)16-51-36-31(35(49-51)38(44,45)46)27-15-28(27)37(36,42)43;1-47-30-21(3-5-24(35)28(30)25(45-47)14-52(2,50)51)20-4-6-26(36)44-29(20)16(7-15-8-17(37)11-18(38)9-15)10-19(49)13-48-32-27(31(46-48)34(41,42)43)22-12-23(22)33(32,39)40;1-3-5(6)4-2/h6-9,11-12,14,18,20,27-28,52H,10,13,15-17H2,1-3H3;3-6,8-9,11,16,22-23H,7,10,12-14H2,1-2H3;1,5-6H,4H2,2H3/t18?,20-,27+,28-;16-,22+,23-;/m11./s1. The Balaban J connectivity index is 0.000000197. The van der Waals surface area contributed by atoms with Crippen LogP contribution in [0.2, 0.25) is 15.2 Å². The summed E-state index contributed by atoms with van der Waals surface area (Å²) >= 11 is 19.5. The van der Waals surface area contributed by atoms with Crippen LogP contribution in [0.4, 0.5) is 61.5 Å². The maximum atomic E-state index is 15.4. The highest BCUT2D eigenvalue weighted by Gasteiger charge is 2.69. The number of pyridine rings is 2. The van der Waals surface area contributed by atoms with Crippen LogP contribution in [0.5, 0.6) is 0 Å². The van der Waals surface area contributed by atoms with E-state index in [4.69, 9.17) is 51.3 Å². The quantitative estimate of drug-likeness (QED) is 0.0386. The summed E-state index contributed by atoms with van der Waals surface area (Å²) in [5.74, 6) is -13.0. The molecule has 114 heavy (non-hydrogen) atoms. The van der Waals surface area contributed by atoms with E-state index in [-0.39, 0.29) is 80.5 Å². The Morgan fingerprint density at radius 1 is 0.596 bits per heavy atom. The van der Waals surface area contributed by atoms with Crippen LogP contribution >= 0.6 is 34.8 Å². The summed E-state index contributed by atoms with van der Waals surface area (Å²) in [6.45, 7) is 1.33. The lowest BCUT2D eigenvalue weighted by Crippen LogP contribution is -2.24. The highest BCUT2D eigenvalue weighted by Crippen LogP contribution is 2.70. The van der Waals surface area contributed by atoms with Crippen molar-refractivity contribution in [2.45, 2.75) is 143 Å². The van der Waals surface area contributed by atoms with Crippen LogP contribution in [-0.4, -0.2) is 112 Å². The van der Waals surface area contributed by atoms with Gasteiger partial charge in [-0.15, -0.1) is 6.42 Å². The normalized spacial score (nSPS) is 18.1. The smallest absolute Gasteiger partial charge is 0.381 e. The fourth-order valence-electron chi connectivity index (χ4n) is 15.2. The average molecular weight is 1690 g/mol. The van der Waals surface area contributed by atoms with Crippen molar-refractivity contribution in [1.29, 1.82) is 0 Å². The van der Waals surface area contributed by atoms with Crippen molar-refractivity contribution < 1.29 is 98.1 Å². The molecule has 14 rings (SSSR count). The van der Waals surface area contributed by atoms with Crippen LogP contribution in [0.15, 0.2) is 84.9 Å². The highest BCUT2D eigenvalue weighted by atomic mass is 35.5. The highest BCUT2D eigenvalue weighted by molar-refractivity contribution is 7.90. The van der Waals surface area contributed by atoms with Gasteiger partial charge in [-0.1, -0.05) is 65.7 Å². The van der Waals surface area contributed by atoms with E-state index in [1.807, 2.05) is 6.92 Å². The van der Waals surface area contributed by atoms with Gasteiger partial charge in [0.25, 0.3) is 11.8 Å². The van der Waals surface area contributed by atoms with E-state index in [1.165, 1.54) is 40.6 Å². The summed E-state index contributed by atoms with van der Waals surface area (Å²) in [6, 6.07) is 17.7. The second-order valence-corrected chi connectivity index (χ2v) is 34.2. The van der Waals surface area contributed by atoms with Gasteiger partial charge in [-0.25, -0.2) is 44.4 Å². The summed E-state index contributed by atoms with van der Waals surface area (Å²) in [6.07, 6.45) is -6.11. The van der Waals surface area contributed by atoms with Gasteiger partial charge in [0.05, 0.1) is 55.4 Å². The minimum absolute atomic E-state index is 0.0480. The van der Waals surface area contributed by atoms with Crippen LogP contribution in [-0.2, 0) is 105 Å². The first-order valence-corrected chi connectivity index (χ1v) is 40.1. The van der Waals surface area contributed by atoms with Crippen LogP contribution in [0.25, 0.3) is 44.1 Å². The number of ketones is 2. The Morgan fingerprint density at radius 3 is 1.34 bits per heavy atom. The van der Waals surface area contributed by atoms with Crippen molar-refractivity contribution >= 4 is 87.8 Å². The number of carbonyl (C=O) groups excluding carboxylic acids is 2. The summed E-state index contributed by atoms with van der Waals surface area (Å²) in [5.41, 5.74) is -3.07. The van der Waals surface area contributed by atoms with Crippen molar-refractivity contribution in [3.63, 3.8) is 0 Å². The number of carbonyl (C=O) groups is 2. The molecule has 10 aromatic rings. The number of aryl methyl sites for hydroxylation is 2. The SMILES string of the molecule is C#CC(O)CC.CC(O)C#Cc1ccc(-c2ccc(Cl)c3c(CS(C)(=O)=O)nn(C)c23)c([C@@H](CC(=O)Cn2nc(C(F)(F)F)c3c2C(F)(F)[C@@H]2C[C@H]32)Cc2cc(F)cc(F)c2)n1.Cn1nc(CS(C)(=O)=O)c2c(Cl)ccc(-c3ccc(Cl)nc3[C@@H](CC(=O)Cn3nc(C(F)(F)F)c4c3C(F)(F)[C@@H]3C[C@H]43)Cc3cc(F)cc(F)c3)c21. The van der Waals surface area contributed by atoms with Crippen molar-refractivity contribution in [2.24, 2.45) is 25.9 Å². The second kappa shape index (κ2) is 31.4. The number of rotatable bonds is 21. The summed E-state index contributed by atoms with van der Waals surface area (Å²) in [5, 5.41) is 34.9. The van der Waals surface area contributed by atoms with Crippen molar-refractivity contribution in [3.05, 3.63) is 197 Å². The predicted molar refractivity (Wildman–Crippen MR) is 393 cm³/mol. The van der Waals surface area contributed by atoms with E-state index in [1.54, 1.807) is 38.4 Å². The van der Waals surface area contributed by atoms with Gasteiger partial charge < -0.3 is 10.2 Å². The molecule has 0 amide bonds. The van der Waals surface area contributed by atoms with E-state index >= 15 is 17.6 Å². The van der Waals surface area contributed by atoms with Gasteiger partial charge in [0.15, 0.2) is 42.6 Å². The molecular weight excluding hydrogens is 1630 g/mol. The molecule has 6 heterocycles. The number of halogens is 17. The third-order valence-corrected chi connectivity index (χ3v) is 22.2. The maximum Gasteiger partial charge on any atom is 0.435 e. The number of nitrogens with zero attached hydrogens (tertiary/aromatic N) is 10. The lowest BCUT2D eigenvalue weighted by molar-refractivity contribution is -0.143. The number of hydrogen-bond donors (Lipinski definition) is 2. The summed E-state index contributed by atoms with van der Waals surface area (Å²) in [4.78, 5) is 36.9. The molecule has 2 N–H and O–H groups in total. The number of benzene rings is 4. The molecule has 602 valence electrons. The molecule has 2 fully saturated rings. The number of hydrogen-bond acceptors (Lipinski definition) is 14. The number of terminal acetylenes is 1. The number of alkyl halides is 10. The Hall–Kier alpha value is -9.29. The number of aliphatic hydroxyl groups is 2. The van der Waals surface area contributed by atoms with Crippen LogP contribution in [0, 0.1) is 59.3 Å². The van der Waals surface area contributed by atoms with Gasteiger partial charge in [0.1, 0.15) is 70.8 Å². The van der Waals surface area contributed by atoms with Crippen molar-refractivity contribution in [3.8, 4) is 46.4 Å². The van der Waals surface area contributed by atoms with Gasteiger partial charge in [-0.3, -0.25) is 28.3 Å². The number of aromatic nitrogens is 10. The molecule has 18 nitrogen and oxygen atoms in total. The monoisotopic (exact) mass is 1690 g/mol. The minimum Gasteiger partial charge on any atom is -0.381 e. The first-order chi connectivity index (χ1) is 53.1. The Labute approximate surface area is 656 Å². The molecule has 0 aliphatic heterocycles. The van der Waals surface area contributed by atoms with E-state index in [0.29, 0.717) is 72.0 Å². The predicted octanol–water partition coefficient (Wildman–Crippen LogP) is 15.8. The average Bonchev–Trinajstić information content (AvgIpc) is 1.52. The first kappa shape index (κ1) is 84.1. The summed E-state index contributed by atoms with van der Waals surface area (Å²) < 4.78 is 256. The van der Waals surface area contributed by atoms with E-state index in [2.05, 4.69) is 43.1 Å². The molecule has 4 aromatic carbocycles. The Morgan fingerprint density at radius 2 is 0.982 bits per heavy atom. The van der Waals surface area contributed by atoms with Gasteiger partial charge >= 0.3 is 12.4 Å². The number of fused-ring (bicyclic) bond motifs is 8. The van der Waals surface area contributed by atoms with Gasteiger partial charge in [-0.05, 0) is 129 Å². The van der Waals surface area contributed by atoms with E-state index in [9.17, 15) is 75.4 Å². The molecule has 0 radical (unpaired) electrons. The molecule has 2 saturated carbocycles. The third kappa shape index (κ3) is 17.6. The fourth-order valence-corrected chi connectivity index (χ4v) is 17.2. The molecule has 37 heteroatoms. The zero-order valence-corrected chi connectivity index (χ0v) is 64.5. The molecule has 2 unspecified atom stereocenters. The summed E-state index contributed by atoms with van der Waals surface area (Å²) in [7, 11) is -4.03. The second-order valence-electron chi connectivity index (χ2n) is 28.7. The van der Waals surface area contributed by atoms with E-state index in [0.717, 1.165) is 36.8 Å². The zero-order chi connectivity index (χ0) is 83.3. The molecule has 4 aliphatic carbocycles. The first-order valence-electron chi connectivity index (χ1n) is 34.9. The Bertz CT molecular complexity index is 5870. The topological polar surface area (TPSA) is 240 Å². The van der Waals surface area contributed by atoms with Crippen LogP contribution in [0.1, 0.15) is 143 Å². The fraction of sp³-hybridized carbons (Fsp3) is 0.377. The van der Waals surface area contributed by atoms with Crippen molar-refractivity contribution in [1.82, 2.24) is 49.1 Å².